The Morgan fingerprint density at radius 1 is 1.21 bits per heavy atom. The van der Waals surface area contributed by atoms with Crippen LogP contribution in [0.15, 0.2) is 18.2 Å². The quantitative estimate of drug-likeness (QED) is 0.598. The third kappa shape index (κ3) is 3.82. The minimum Gasteiger partial charge on any atom is -0.495 e. The van der Waals surface area contributed by atoms with Gasteiger partial charge in [0, 0.05) is 11.7 Å². The van der Waals surface area contributed by atoms with E-state index in [1.165, 1.54) is 13.2 Å². The second kappa shape index (κ2) is 8.18. The van der Waals surface area contributed by atoms with Crippen molar-refractivity contribution in [1.29, 1.82) is 0 Å². The molecule has 0 aromatic heterocycles. The Morgan fingerprint density at radius 2 is 1.93 bits per heavy atom. The first-order chi connectivity index (χ1) is 13.3. The van der Waals surface area contributed by atoms with Crippen LogP contribution in [0.5, 0.6) is 5.75 Å². The summed E-state index contributed by atoms with van der Waals surface area (Å²) in [5.41, 5.74) is 0.388. The zero-order valence-corrected chi connectivity index (χ0v) is 16.5. The van der Waals surface area contributed by atoms with E-state index in [4.69, 9.17) is 16.3 Å². The fourth-order valence-electron chi connectivity index (χ4n) is 3.72. The zero-order chi connectivity index (χ0) is 20.4. The molecule has 0 unspecified atom stereocenters. The molecule has 2 aliphatic rings. The molecule has 8 nitrogen and oxygen atoms in total. The van der Waals surface area contributed by atoms with E-state index >= 15 is 0 Å². The molecule has 1 saturated heterocycles. The molecule has 0 bridgehead atoms. The van der Waals surface area contributed by atoms with Crippen molar-refractivity contribution in [1.82, 2.24) is 9.80 Å². The summed E-state index contributed by atoms with van der Waals surface area (Å²) in [6.07, 6.45) is 3.52. The van der Waals surface area contributed by atoms with Gasteiger partial charge in [0.2, 0.25) is 5.91 Å². The summed E-state index contributed by atoms with van der Waals surface area (Å²) in [6, 6.07) is 3.63. The summed E-state index contributed by atoms with van der Waals surface area (Å²) < 4.78 is 5.05. The number of urea groups is 1. The van der Waals surface area contributed by atoms with Crippen LogP contribution in [0, 0.1) is 5.92 Å². The number of methoxy groups -OCH3 is 1. The normalized spacial score (nSPS) is 22.6. The minimum atomic E-state index is -0.967. The number of anilines is 1. The highest BCUT2D eigenvalue weighted by molar-refractivity contribution is 6.45. The Labute approximate surface area is 167 Å². The molecular formula is C19H22ClN3O5. The number of carbonyl (C=O) groups excluding carboxylic acids is 4. The molecule has 150 valence electrons. The molecule has 3 rings (SSSR count). The Morgan fingerprint density at radius 3 is 2.57 bits per heavy atom. The fraction of sp³-hybridized carbons (Fsp3) is 0.474. The van der Waals surface area contributed by atoms with Crippen LogP contribution in [0.1, 0.15) is 32.6 Å². The number of hydrogen-bond acceptors (Lipinski definition) is 5. The molecule has 1 aromatic carbocycles. The molecule has 28 heavy (non-hydrogen) atoms. The van der Waals surface area contributed by atoms with Crippen molar-refractivity contribution < 1.29 is 23.9 Å². The van der Waals surface area contributed by atoms with Gasteiger partial charge in [0.25, 0.3) is 0 Å². The molecule has 0 radical (unpaired) electrons. The smallest absolute Gasteiger partial charge is 0.334 e. The van der Waals surface area contributed by atoms with E-state index in [-0.39, 0.29) is 12.0 Å². The number of nitrogens with zero attached hydrogens (tertiary/aromatic N) is 2. The van der Waals surface area contributed by atoms with Gasteiger partial charge >= 0.3 is 17.8 Å². The topological polar surface area (TPSA) is 96.0 Å². The maximum absolute atomic E-state index is 12.7. The molecule has 1 aromatic rings. The van der Waals surface area contributed by atoms with E-state index < -0.39 is 30.3 Å². The first-order valence-electron chi connectivity index (χ1n) is 9.16. The van der Waals surface area contributed by atoms with Crippen molar-refractivity contribution in [2.24, 2.45) is 5.92 Å². The number of amides is 5. The van der Waals surface area contributed by atoms with E-state index in [0.29, 0.717) is 27.8 Å². The highest BCUT2D eigenvalue weighted by Gasteiger charge is 2.49. The summed E-state index contributed by atoms with van der Waals surface area (Å²) in [7, 11) is 1.47. The zero-order valence-electron chi connectivity index (χ0n) is 15.7. The molecule has 1 saturated carbocycles. The highest BCUT2D eigenvalue weighted by Crippen LogP contribution is 2.31. The largest absolute Gasteiger partial charge is 0.495 e. The van der Waals surface area contributed by atoms with Crippen molar-refractivity contribution >= 4 is 41.0 Å². The van der Waals surface area contributed by atoms with Crippen LogP contribution in [0.3, 0.4) is 0 Å². The second-order valence-corrected chi connectivity index (χ2v) is 7.48. The lowest BCUT2D eigenvalue weighted by Crippen LogP contribution is -2.46. The third-order valence-corrected chi connectivity index (χ3v) is 5.51. The number of benzene rings is 1. The Bertz CT molecular complexity index is 828. The van der Waals surface area contributed by atoms with E-state index in [0.717, 1.165) is 24.2 Å². The van der Waals surface area contributed by atoms with E-state index in [1.54, 1.807) is 12.1 Å². The molecule has 1 N–H and O–H groups in total. The number of imide groups is 2. The van der Waals surface area contributed by atoms with Gasteiger partial charge in [-0.1, -0.05) is 31.4 Å². The maximum Gasteiger partial charge on any atom is 0.334 e. The van der Waals surface area contributed by atoms with Gasteiger partial charge in [0.05, 0.1) is 12.1 Å². The van der Waals surface area contributed by atoms with Gasteiger partial charge in [0.1, 0.15) is 12.3 Å². The van der Waals surface area contributed by atoms with Gasteiger partial charge in [-0.05, 0) is 37.0 Å². The SMILES string of the molecule is COc1ccc(NC(=O)CN2C(=O)C(=O)N([C@H]3CCCC[C@@H]3C)C2=O)cc1Cl. The summed E-state index contributed by atoms with van der Waals surface area (Å²) in [5, 5.41) is 2.87. The van der Waals surface area contributed by atoms with Gasteiger partial charge in [0.15, 0.2) is 0 Å². The van der Waals surface area contributed by atoms with Crippen LogP contribution in [0.2, 0.25) is 5.02 Å². The van der Waals surface area contributed by atoms with Crippen LogP contribution in [-0.4, -0.2) is 53.2 Å². The van der Waals surface area contributed by atoms with Crippen LogP contribution >= 0.6 is 11.6 Å². The van der Waals surface area contributed by atoms with Crippen molar-refractivity contribution in [3.05, 3.63) is 23.2 Å². The lowest BCUT2D eigenvalue weighted by Gasteiger charge is -2.34. The predicted octanol–water partition coefficient (Wildman–Crippen LogP) is 2.66. The molecule has 2 fully saturated rings. The van der Waals surface area contributed by atoms with Crippen molar-refractivity contribution in [2.45, 2.75) is 38.6 Å². The summed E-state index contributed by atoms with van der Waals surface area (Å²) in [5.74, 6) is -1.85. The first kappa shape index (κ1) is 20.1. The summed E-state index contributed by atoms with van der Waals surface area (Å²) in [4.78, 5) is 51.4. The van der Waals surface area contributed by atoms with E-state index in [9.17, 15) is 19.2 Å². The fourth-order valence-corrected chi connectivity index (χ4v) is 3.98. The van der Waals surface area contributed by atoms with Gasteiger partial charge in [-0.3, -0.25) is 19.3 Å². The molecule has 1 aliphatic carbocycles. The summed E-state index contributed by atoms with van der Waals surface area (Å²) >= 11 is 6.02. The number of halogens is 1. The Balaban J connectivity index is 1.69. The number of carbonyl (C=O) groups is 4. The minimum absolute atomic E-state index is 0.129. The standard InChI is InChI=1S/C19H22ClN3O5/c1-11-5-3-4-6-14(11)23-18(26)17(25)22(19(23)27)10-16(24)21-12-7-8-15(28-2)13(20)9-12/h7-9,11,14H,3-6,10H2,1-2H3,(H,21,24)/t11-,14-/m0/s1. The number of hydrogen-bond donors (Lipinski definition) is 1. The molecule has 1 aliphatic heterocycles. The van der Waals surface area contributed by atoms with E-state index in [2.05, 4.69) is 5.32 Å². The molecule has 1 heterocycles. The average Bonchev–Trinajstić information content (AvgIpc) is 2.86. The van der Waals surface area contributed by atoms with E-state index in [1.807, 2.05) is 6.92 Å². The summed E-state index contributed by atoms with van der Waals surface area (Å²) in [6.45, 7) is 1.43. The Hall–Kier alpha value is -2.61. The number of ether oxygens (including phenoxy) is 1. The van der Waals surface area contributed by atoms with Gasteiger partial charge in [-0.15, -0.1) is 0 Å². The number of rotatable bonds is 5. The highest BCUT2D eigenvalue weighted by atomic mass is 35.5. The lowest BCUT2D eigenvalue weighted by atomic mass is 9.85. The molecular weight excluding hydrogens is 386 g/mol. The van der Waals surface area contributed by atoms with Gasteiger partial charge in [-0.25, -0.2) is 9.69 Å². The third-order valence-electron chi connectivity index (χ3n) is 5.22. The Kier molecular flexibility index (Phi) is 5.88. The molecule has 9 heteroatoms. The molecule has 0 spiro atoms. The monoisotopic (exact) mass is 407 g/mol. The number of nitrogens with one attached hydrogen (secondary N) is 1. The first-order valence-corrected chi connectivity index (χ1v) is 9.53. The van der Waals surface area contributed by atoms with Crippen LogP contribution in [-0.2, 0) is 14.4 Å². The molecule has 5 amide bonds. The van der Waals surface area contributed by atoms with Crippen molar-refractivity contribution in [3.8, 4) is 5.75 Å². The maximum atomic E-state index is 12.7. The van der Waals surface area contributed by atoms with Crippen molar-refractivity contribution in [2.75, 3.05) is 19.0 Å². The van der Waals surface area contributed by atoms with Gasteiger partial charge in [-0.2, -0.15) is 0 Å². The van der Waals surface area contributed by atoms with Crippen LogP contribution in [0.25, 0.3) is 0 Å². The molecule has 2 atom stereocenters. The second-order valence-electron chi connectivity index (χ2n) is 7.08. The average molecular weight is 408 g/mol. The van der Waals surface area contributed by atoms with Gasteiger partial charge < -0.3 is 10.1 Å². The predicted molar refractivity (Wildman–Crippen MR) is 102 cm³/mol. The van der Waals surface area contributed by atoms with Crippen LogP contribution in [0.4, 0.5) is 10.5 Å². The lowest BCUT2D eigenvalue weighted by molar-refractivity contribution is -0.145. The van der Waals surface area contributed by atoms with Crippen molar-refractivity contribution in [3.63, 3.8) is 0 Å². The van der Waals surface area contributed by atoms with Crippen LogP contribution < -0.4 is 10.1 Å².